The first kappa shape index (κ1) is 13.7. The molecule has 2 rings (SSSR count). The van der Waals surface area contributed by atoms with Crippen molar-refractivity contribution in [3.63, 3.8) is 0 Å². The minimum atomic E-state index is 0.132. The monoisotopic (exact) mass is 259 g/mol. The van der Waals surface area contributed by atoms with Gasteiger partial charge in [-0.3, -0.25) is 4.79 Å². The maximum atomic E-state index is 12.4. The zero-order valence-corrected chi connectivity index (χ0v) is 11.6. The Morgan fingerprint density at radius 2 is 2.26 bits per heavy atom. The number of hydrogen-bond acceptors (Lipinski definition) is 2. The summed E-state index contributed by atoms with van der Waals surface area (Å²) in [6.45, 7) is 4.55. The van der Waals surface area contributed by atoms with Gasteiger partial charge in [-0.15, -0.1) is 0 Å². The van der Waals surface area contributed by atoms with E-state index in [4.69, 9.17) is 0 Å². The molecule has 0 spiro atoms. The standard InChI is InChI=1S/C16H21NO2/c1-3-17(15-11-14(18)9-8-12(15)2)16(19)10-13-6-4-5-7-13/h4,6,8-9,11,13,18H,3,5,7,10H2,1-2H3. The molecule has 0 saturated heterocycles. The molecule has 19 heavy (non-hydrogen) atoms. The van der Waals surface area contributed by atoms with Gasteiger partial charge in [0.2, 0.25) is 5.91 Å². The summed E-state index contributed by atoms with van der Waals surface area (Å²) in [4.78, 5) is 14.2. The first-order valence-corrected chi connectivity index (χ1v) is 6.88. The molecule has 0 radical (unpaired) electrons. The number of nitrogens with zero attached hydrogens (tertiary/aromatic N) is 1. The summed E-state index contributed by atoms with van der Waals surface area (Å²) >= 11 is 0. The van der Waals surface area contributed by atoms with Crippen molar-refractivity contribution in [3.05, 3.63) is 35.9 Å². The fourth-order valence-corrected chi connectivity index (χ4v) is 2.57. The predicted molar refractivity (Wildman–Crippen MR) is 77.4 cm³/mol. The van der Waals surface area contributed by atoms with Crippen molar-refractivity contribution in [3.8, 4) is 5.75 Å². The van der Waals surface area contributed by atoms with Gasteiger partial charge in [-0.1, -0.05) is 18.2 Å². The van der Waals surface area contributed by atoms with Gasteiger partial charge in [0, 0.05) is 19.0 Å². The highest BCUT2D eigenvalue weighted by atomic mass is 16.3. The van der Waals surface area contributed by atoms with Gasteiger partial charge in [0.15, 0.2) is 0 Å². The Bertz CT molecular complexity index is 494. The maximum Gasteiger partial charge on any atom is 0.227 e. The van der Waals surface area contributed by atoms with Crippen molar-refractivity contribution >= 4 is 11.6 Å². The number of amides is 1. The van der Waals surface area contributed by atoms with Crippen LogP contribution in [0.15, 0.2) is 30.4 Å². The lowest BCUT2D eigenvalue weighted by atomic mass is 10.0. The molecule has 0 heterocycles. The molecule has 3 nitrogen and oxygen atoms in total. The van der Waals surface area contributed by atoms with Crippen LogP contribution in [-0.4, -0.2) is 17.6 Å². The van der Waals surface area contributed by atoms with Gasteiger partial charge in [-0.05, 0) is 44.2 Å². The Hall–Kier alpha value is -1.77. The normalized spacial score (nSPS) is 17.7. The van der Waals surface area contributed by atoms with Gasteiger partial charge in [0.05, 0.1) is 5.69 Å². The fourth-order valence-electron chi connectivity index (χ4n) is 2.57. The van der Waals surface area contributed by atoms with E-state index < -0.39 is 0 Å². The van der Waals surface area contributed by atoms with Crippen LogP contribution in [0.2, 0.25) is 0 Å². The van der Waals surface area contributed by atoms with E-state index in [2.05, 4.69) is 12.2 Å². The minimum Gasteiger partial charge on any atom is -0.508 e. The van der Waals surface area contributed by atoms with Crippen molar-refractivity contribution in [1.82, 2.24) is 0 Å². The Kier molecular flexibility index (Phi) is 4.25. The molecule has 0 aliphatic heterocycles. The number of phenolic OH excluding ortho intramolecular Hbond substituents is 1. The maximum absolute atomic E-state index is 12.4. The third-order valence-corrected chi connectivity index (χ3v) is 3.65. The molecule has 1 aliphatic carbocycles. The van der Waals surface area contributed by atoms with E-state index in [0.29, 0.717) is 18.9 Å². The van der Waals surface area contributed by atoms with E-state index in [1.807, 2.05) is 19.9 Å². The minimum absolute atomic E-state index is 0.132. The topological polar surface area (TPSA) is 40.5 Å². The van der Waals surface area contributed by atoms with Crippen LogP contribution in [0.4, 0.5) is 5.69 Å². The summed E-state index contributed by atoms with van der Waals surface area (Å²) < 4.78 is 0. The second kappa shape index (κ2) is 5.91. The predicted octanol–water partition coefficient (Wildman–Crippen LogP) is 3.41. The number of aryl methyl sites for hydroxylation is 1. The first-order valence-electron chi connectivity index (χ1n) is 6.88. The molecule has 102 valence electrons. The fraction of sp³-hybridized carbons (Fsp3) is 0.438. The number of benzene rings is 1. The molecule has 1 atom stereocenters. The van der Waals surface area contributed by atoms with Crippen molar-refractivity contribution in [2.75, 3.05) is 11.4 Å². The van der Waals surface area contributed by atoms with Gasteiger partial charge in [-0.25, -0.2) is 0 Å². The number of allylic oxidation sites excluding steroid dienone is 2. The molecule has 0 bridgehead atoms. The van der Waals surface area contributed by atoms with Crippen LogP contribution in [0.3, 0.4) is 0 Å². The number of aromatic hydroxyl groups is 1. The Morgan fingerprint density at radius 1 is 1.47 bits per heavy atom. The zero-order valence-electron chi connectivity index (χ0n) is 11.6. The molecule has 3 heteroatoms. The quantitative estimate of drug-likeness (QED) is 0.842. The van der Waals surface area contributed by atoms with Gasteiger partial charge in [0.1, 0.15) is 5.75 Å². The van der Waals surface area contributed by atoms with E-state index in [0.717, 1.165) is 24.1 Å². The molecule has 0 saturated carbocycles. The Morgan fingerprint density at radius 3 is 2.89 bits per heavy atom. The van der Waals surface area contributed by atoms with Gasteiger partial charge in [-0.2, -0.15) is 0 Å². The highest BCUT2D eigenvalue weighted by molar-refractivity contribution is 5.94. The lowest BCUT2D eigenvalue weighted by molar-refractivity contribution is -0.119. The average Bonchev–Trinajstić information content (AvgIpc) is 2.87. The molecule has 1 unspecified atom stereocenters. The van der Waals surface area contributed by atoms with E-state index in [-0.39, 0.29) is 11.7 Å². The lowest BCUT2D eigenvalue weighted by Gasteiger charge is -2.24. The van der Waals surface area contributed by atoms with Crippen molar-refractivity contribution in [2.24, 2.45) is 5.92 Å². The van der Waals surface area contributed by atoms with Crippen LogP contribution in [0, 0.1) is 12.8 Å². The second-order valence-corrected chi connectivity index (χ2v) is 5.08. The largest absolute Gasteiger partial charge is 0.508 e. The SMILES string of the molecule is CCN(C(=O)CC1C=CCC1)c1cc(O)ccc1C. The Balaban J connectivity index is 2.16. The molecule has 1 aromatic rings. The molecule has 1 aliphatic rings. The zero-order chi connectivity index (χ0) is 13.8. The third-order valence-electron chi connectivity index (χ3n) is 3.65. The van der Waals surface area contributed by atoms with E-state index >= 15 is 0 Å². The summed E-state index contributed by atoms with van der Waals surface area (Å²) in [5, 5.41) is 9.60. The molecule has 1 aromatic carbocycles. The highest BCUT2D eigenvalue weighted by Gasteiger charge is 2.20. The number of rotatable bonds is 4. The second-order valence-electron chi connectivity index (χ2n) is 5.08. The smallest absolute Gasteiger partial charge is 0.227 e. The van der Waals surface area contributed by atoms with Gasteiger partial charge >= 0.3 is 0 Å². The Labute approximate surface area is 114 Å². The summed E-state index contributed by atoms with van der Waals surface area (Å²) in [5.41, 5.74) is 1.82. The first-order chi connectivity index (χ1) is 9.11. The lowest BCUT2D eigenvalue weighted by Crippen LogP contribution is -2.32. The highest BCUT2D eigenvalue weighted by Crippen LogP contribution is 2.27. The summed E-state index contributed by atoms with van der Waals surface area (Å²) in [5.74, 6) is 0.708. The van der Waals surface area contributed by atoms with Crippen LogP contribution in [-0.2, 0) is 4.79 Å². The average molecular weight is 259 g/mol. The number of anilines is 1. The van der Waals surface area contributed by atoms with E-state index in [1.165, 1.54) is 0 Å². The van der Waals surface area contributed by atoms with Gasteiger partial charge < -0.3 is 10.0 Å². The summed E-state index contributed by atoms with van der Waals surface area (Å²) in [6.07, 6.45) is 6.99. The molecular weight excluding hydrogens is 238 g/mol. The molecular formula is C16H21NO2. The molecule has 0 aromatic heterocycles. The van der Waals surface area contributed by atoms with Crippen molar-refractivity contribution < 1.29 is 9.90 Å². The molecule has 0 fully saturated rings. The van der Waals surface area contributed by atoms with Crippen LogP contribution < -0.4 is 4.90 Å². The van der Waals surface area contributed by atoms with Crippen LogP contribution in [0.1, 0.15) is 31.7 Å². The number of carbonyl (C=O) groups excluding carboxylic acids is 1. The van der Waals surface area contributed by atoms with Crippen LogP contribution in [0.5, 0.6) is 5.75 Å². The molecule has 1 amide bonds. The van der Waals surface area contributed by atoms with E-state index in [1.54, 1.807) is 17.0 Å². The number of phenols is 1. The van der Waals surface area contributed by atoms with Crippen LogP contribution >= 0.6 is 0 Å². The van der Waals surface area contributed by atoms with Crippen molar-refractivity contribution in [1.29, 1.82) is 0 Å². The van der Waals surface area contributed by atoms with Crippen molar-refractivity contribution in [2.45, 2.75) is 33.1 Å². The molecule has 1 N–H and O–H groups in total. The summed E-state index contributed by atoms with van der Waals surface area (Å²) in [7, 11) is 0. The number of hydrogen-bond donors (Lipinski definition) is 1. The van der Waals surface area contributed by atoms with Crippen LogP contribution in [0.25, 0.3) is 0 Å². The van der Waals surface area contributed by atoms with Gasteiger partial charge in [0.25, 0.3) is 0 Å². The third kappa shape index (κ3) is 3.16. The number of carbonyl (C=O) groups is 1. The van der Waals surface area contributed by atoms with E-state index in [9.17, 15) is 9.90 Å². The summed E-state index contributed by atoms with van der Waals surface area (Å²) in [6, 6.07) is 5.16.